The number of nitrogens with one attached hydrogen (secondary N) is 2. The maximum absolute atomic E-state index is 12.7. The molecule has 1 atom stereocenters. The number of halogens is 1. The Kier molecular flexibility index (Phi) is 7.64. The number of nitrogens with zero attached hydrogens (tertiary/aromatic N) is 1. The molecule has 1 heterocycles. The zero-order valence-electron chi connectivity index (χ0n) is 13.7. The Bertz CT molecular complexity index is 747. The molecule has 1 fully saturated rings. The van der Waals surface area contributed by atoms with E-state index in [1.807, 2.05) is 6.92 Å². The normalized spacial score (nSPS) is 17.4. The van der Waals surface area contributed by atoms with Gasteiger partial charge in [-0.3, -0.25) is 0 Å². The van der Waals surface area contributed by atoms with Crippen LogP contribution in [0.1, 0.15) is 19.8 Å². The third-order valence-corrected chi connectivity index (χ3v) is 7.46. The van der Waals surface area contributed by atoms with Gasteiger partial charge in [-0.05, 0) is 38.9 Å². The molecule has 1 aromatic carbocycles. The number of benzene rings is 1. The summed E-state index contributed by atoms with van der Waals surface area (Å²) in [4.78, 5) is -0.360. The van der Waals surface area contributed by atoms with E-state index in [9.17, 15) is 16.8 Å². The summed E-state index contributed by atoms with van der Waals surface area (Å²) in [6, 6.07) is 5.68. The van der Waals surface area contributed by atoms with Crippen LogP contribution in [0.15, 0.2) is 34.1 Å². The van der Waals surface area contributed by atoms with Gasteiger partial charge in [0, 0.05) is 25.7 Å². The predicted molar refractivity (Wildman–Crippen MR) is 95.4 cm³/mol. The lowest BCUT2D eigenvalue weighted by atomic mass is 10.4. The third kappa shape index (κ3) is 4.68. The molecule has 7 nitrogen and oxygen atoms in total. The summed E-state index contributed by atoms with van der Waals surface area (Å²) in [6.07, 6.45) is 1.60. The lowest BCUT2D eigenvalue weighted by Crippen LogP contribution is -2.38. The number of rotatable bonds is 7. The minimum absolute atomic E-state index is 0. The molecule has 0 radical (unpaired) electrons. The molecule has 24 heavy (non-hydrogen) atoms. The van der Waals surface area contributed by atoms with Crippen molar-refractivity contribution in [3.8, 4) is 0 Å². The Hall–Kier alpha value is -0.710. The molecule has 2 N–H and O–H groups in total. The monoisotopic (exact) mass is 397 g/mol. The van der Waals surface area contributed by atoms with Crippen LogP contribution >= 0.6 is 12.4 Å². The maximum atomic E-state index is 12.7. The third-order valence-electron chi connectivity index (χ3n) is 3.89. The second-order valence-corrected chi connectivity index (χ2v) is 9.24. The number of hydrogen-bond donors (Lipinski definition) is 2. The highest BCUT2D eigenvalue weighted by Gasteiger charge is 2.32. The first-order valence-electron chi connectivity index (χ1n) is 7.55. The van der Waals surface area contributed by atoms with Gasteiger partial charge in [0.05, 0.1) is 0 Å². The van der Waals surface area contributed by atoms with Gasteiger partial charge in [0.2, 0.25) is 20.0 Å². The molecule has 0 saturated carbocycles. The summed E-state index contributed by atoms with van der Waals surface area (Å²) < 4.78 is 54.3. The van der Waals surface area contributed by atoms with E-state index in [-0.39, 0.29) is 34.8 Å². The van der Waals surface area contributed by atoms with Crippen molar-refractivity contribution in [2.75, 3.05) is 26.7 Å². The van der Waals surface area contributed by atoms with Gasteiger partial charge in [-0.15, -0.1) is 12.4 Å². The van der Waals surface area contributed by atoms with Gasteiger partial charge >= 0.3 is 0 Å². The van der Waals surface area contributed by atoms with Crippen LogP contribution in [0, 0.1) is 0 Å². The Morgan fingerprint density at radius 2 is 1.62 bits per heavy atom. The summed E-state index contributed by atoms with van der Waals surface area (Å²) in [6.45, 7) is 2.87. The first kappa shape index (κ1) is 21.3. The fraction of sp³-hybridized carbons (Fsp3) is 0.571. The summed E-state index contributed by atoms with van der Waals surface area (Å²) in [5.41, 5.74) is 0. The molecule has 1 saturated heterocycles. The van der Waals surface area contributed by atoms with E-state index in [0.717, 1.165) is 12.8 Å². The van der Waals surface area contributed by atoms with Crippen LogP contribution in [-0.4, -0.2) is 53.9 Å². The fourth-order valence-electron chi connectivity index (χ4n) is 2.37. The summed E-state index contributed by atoms with van der Waals surface area (Å²) >= 11 is 0. The molecular formula is C14H24ClN3O4S2. The number of likely N-dealkylation sites (N-methyl/N-ethyl adjacent to an activating group) is 1. The van der Waals surface area contributed by atoms with Crippen molar-refractivity contribution in [2.45, 2.75) is 35.6 Å². The molecule has 1 aliphatic heterocycles. The SMILES string of the molecule is CNC(C)CNS(=O)(=O)c1ccccc1S(=O)(=O)N1CCCC1.Cl. The maximum Gasteiger partial charge on any atom is 0.244 e. The van der Waals surface area contributed by atoms with Crippen LogP contribution in [-0.2, 0) is 20.0 Å². The molecule has 0 spiro atoms. The quantitative estimate of drug-likeness (QED) is 0.708. The van der Waals surface area contributed by atoms with Gasteiger partial charge in [0.15, 0.2) is 0 Å². The van der Waals surface area contributed by atoms with E-state index >= 15 is 0 Å². The van der Waals surface area contributed by atoms with Crippen molar-refractivity contribution in [1.82, 2.24) is 14.3 Å². The highest BCUT2D eigenvalue weighted by molar-refractivity contribution is 7.92. The molecular weight excluding hydrogens is 374 g/mol. The van der Waals surface area contributed by atoms with Crippen LogP contribution in [0.2, 0.25) is 0 Å². The van der Waals surface area contributed by atoms with Gasteiger partial charge < -0.3 is 5.32 Å². The zero-order chi connectivity index (χ0) is 17.1. The van der Waals surface area contributed by atoms with Crippen molar-refractivity contribution in [2.24, 2.45) is 0 Å². The van der Waals surface area contributed by atoms with Crippen LogP contribution in [0.4, 0.5) is 0 Å². The minimum atomic E-state index is -3.90. The predicted octanol–water partition coefficient (Wildman–Crippen LogP) is 0.779. The van der Waals surface area contributed by atoms with Crippen molar-refractivity contribution in [3.05, 3.63) is 24.3 Å². The van der Waals surface area contributed by atoms with Crippen molar-refractivity contribution >= 4 is 32.5 Å². The molecule has 10 heteroatoms. The van der Waals surface area contributed by atoms with E-state index in [2.05, 4.69) is 10.0 Å². The average molecular weight is 398 g/mol. The van der Waals surface area contributed by atoms with E-state index in [1.165, 1.54) is 28.6 Å². The lowest BCUT2D eigenvalue weighted by Gasteiger charge is -2.19. The largest absolute Gasteiger partial charge is 0.316 e. The van der Waals surface area contributed by atoms with Crippen molar-refractivity contribution < 1.29 is 16.8 Å². The number of sulfonamides is 2. The van der Waals surface area contributed by atoms with Gasteiger partial charge in [0.25, 0.3) is 0 Å². The van der Waals surface area contributed by atoms with Gasteiger partial charge in [-0.2, -0.15) is 4.31 Å². The smallest absolute Gasteiger partial charge is 0.244 e. The van der Waals surface area contributed by atoms with Crippen LogP contribution in [0.25, 0.3) is 0 Å². The topological polar surface area (TPSA) is 95.6 Å². The highest BCUT2D eigenvalue weighted by Crippen LogP contribution is 2.26. The zero-order valence-corrected chi connectivity index (χ0v) is 16.2. The fourth-order valence-corrected chi connectivity index (χ4v) is 5.82. The van der Waals surface area contributed by atoms with E-state index in [4.69, 9.17) is 0 Å². The molecule has 1 aromatic rings. The first-order chi connectivity index (χ1) is 10.8. The summed E-state index contributed by atoms with van der Waals surface area (Å²) in [5.74, 6) is 0. The Morgan fingerprint density at radius 1 is 1.08 bits per heavy atom. The van der Waals surface area contributed by atoms with Crippen LogP contribution < -0.4 is 10.0 Å². The second-order valence-electron chi connectivity index (χ2n) is 5.60. The molecule has 0 aliphatic carbocycles. The molecule has 0 bridgehead atoms. The molecule has 138 valence electrons. The van der Waals surface area contributed by atoms with Crippen LogP contribution in [0.5, 0.6) is 0 Å². The van der Waals surface area contributed by atoms with Crippen molar-refractivity contribution in [1.29, 1.82) is 0 Å². The first-order valence-corrected chi connectivity index (χ1v) is 10.5. The van der Waals surface area contributed by atoms with Gasteiger partial charge in [-0.1, -0.05) is 12.1 Å². The molecule has 1 aliphatic rings. The Morgan fingerprint density at radius 3 is 2.17 bits per heavy atom. The van der Waals surface area contributed by atoms with E-state index < -0.39 is 20.0 Å². The van der Waals surface area contributed by atoms with E-state index in [0.29, 0.717) is 13.1 Å². The minimum Gasteiger partial charge on any atom is -0.316 e. The van der Waals surface area contributed by atoms with Crippen LogP contribution in [0.3, 0.4) is 0 Å². The highest BCUT2D eigenvalue weighted by atomic mass is 35.5. The Labute approximate surface area is 150 Å². The Balaban J connectivity index is 0.00000288. The molecule has 0 amide bonds. The standard InChI is InChI=1S/C14H23N3O4S2.ClH/c1-12(15-2)11-16-22(18,19)13-7-3-4-8-14(13)23(20,21)17-9-5-6-10-17;/h3-4,7-8,12,15-16H,5-6,9-11H2,1-2H3;1H. The van der Waals surface area contributed by atoms with Gasteiger partial charge in [-0.25, -0.2) is 21.6 Å². The van der Waals surface area contributed by atoms with E-state index in [1.54, 1.807) is 7.05 Å². The van der Waals surface area contributed by atoms with Crippen molar-refractivity contribution in [3.63, 3.8) is 0 Å². The average Bonchev–Trinajstić information content (AvgIpc) is 3.08. The van der Waals surface area contributed by atoms with Gasteiger partial charge in [0.1, 0.15) is 9.79 Å². The second kappa shape index (κ2) is 8.59. The lowest BCUT2D eigenvalue weighted by molar-refractivity contribution is 0.474. The molecule has 2 rings (SSSR count). The summed E-state index contributed by atoms with van der Waals surface area (Å²) in [7, 11) is -5.98. The molecule has 0 aromatic heterocycles. The number of hydrogen-bond acceptors (Lipinski definition) is 5. The summed E-state index contributed by atoms with van der Waals surface area (Å²) in [5, 5.41) is 2.93. The molecule has 1 unspecified atom stereocenters.